The minimum absolute atomic E-state index is 0.220. The van der Waals surface area contributed by atoms with E-state index in [1.54, 1.807) is 0 Å². The van der Waals surface area contributed by atoms with E-state index in [9.17, 15) is 5.11 Å². The molecule has 0 aliphatic heterocycles. The maximum atomic E-state index is 10.4. The van der Waals surface area contributed by atoms with Crippen molar-refractivity contribution in [2.75, 3.05) is 0 Å². The molecule has 1 heteroatoms. The molecular weight excluding hydrogens is 220 g/mol. The maximum absolute atomic E-state index is 10.4. The van der Waals surface area contributed by atoms with Gasteiger partial charge >= 0.3 is 0 Å². The molecule has 0 amide bonds. The van der Waals surface area contributed by atoms with Gasteiger partial charge in [-0.2, -0.15) is 0 Å². The molecule has 1 unspecified atom stereocenters. The van der Waals surface area contributed by atoms with Crippen molar-refractivity contribution in [3.8, 4) is 0 Å². The Morgan fingerprint density at radius 1 is 1.00 bits per heavy atom. The molecule has 1 atom stereocenters. The molecule has 0 aromatic heterocycles. The first kappa shape index (κ1) is 13.6. The summed E-state index contributed by atoms with van der Waals surface area (Å²) in [6.07, 6.45) is 1.63. The van der Waals surface area contributed by atoms with Gasteiger partial charge in [0.2, 0.25) is 0 Å². The largest absolute Gasteiger partial charge is 0.392 e. The van der Waals surface area contributed by atoms with Crippen LogP contribution >= 0.6 is 0 Å². The highest BCUT2D eigenvalue weighted by Gasteiger charge is 2.66. The van der Waals surface area contributed by atoms with E-state index in [2.05, 4.69) is 58.9 Å². The van der Waals surface area contributed by atoms with Crippen molar-refractivity contribution in [1.82, 2.24) is 0 Å². The van der Waals surface area contributed by atoms with Crippen LogP contribution < -0.4 is 0 Å². The van der Waals surface area contributed by atoms with E-state index >= 15 is 0 Å². The molecule has 1 aromatic carbocycles. The lowest BCUT2D eigenvalue weighted by atomic mass is 9.98. The molecule has 0 saturated heterocycles. The van der Waals surface area contributed by atoms with Crippen molar-refractivity contribution >= 4 is 0 Å². The van der Waals surface area contributed by atoms with Crippen LogP contribution in [-0.4, -0.2) is 11.2 Å². The van der Waals surface area contributed by atoms with Gasteiger partial charge in [-0.05, 0) is 40.7 Å². The molecule has 0 spiro atoms. The third-order valence-electron chi connectivity index (χ3n) is 5.39. The van der Waals surface area contributed by atoms with Crippen LogP contribution in [0.3, 0.4) is 0 Å². The number of hydrogen-bond donors (Lipinski definition) is 1. The summed E-state index contributed by atoms with van der Waals surface area (Å²) in [5.41, 5.74) is 3.13. The average molecular weight is 246 g/mol. The highest BCUT2D eigenvalue weighted by atomic mass is 16.3. The second-order valence-electron chi connectivity index (χ2n) is 6.86. The van der Waals surface area contributed by atoms with E-state index in [4.69, 9.17) is 0 Å². The van der Waals surface area contributed by atoms with Crippen molar-refractivity contribution < 1.29 is 5.11 Å². The Balaban J connectivity index is 2.02. The number of hydrogen-bond acceptors (Lipinski definition) is 1. The van der Waals surface area contributed by atoms with Gasteiger partial charge in [-0.15, -0.1) is 0 Å². The molecular formula is C17H26O. The van der Waals surface area contributed by atoms with Crippen LogP contribution in [0.5, 0.6) is 0 Å². The smallest absolute Gasteiger partial charge is 0.0619 e. The molecule has 100 valence electrons. The molecule has 1 aliphatic rings. The second-order valence-corrected chi connectivity index (χ2v) is 6.86. The minimum atomic E-state index is -0.220. The molecule has 1 fully saturated rings. The molecule has 1 nitrogen and oxygen atoms in total. The first-order chi connectivity index (χ1) is 8.30. The van der Waals surface area contributed by atoms with Gasteiger partial charge in [0.25, 0.3) is 0 Å². The van der Waals surface area contributed by atoms with Crippen LogP contribution in [0.25, 0.3) is 0 Å². The first-order valence-electron chi connectivity index (χ1n) is 7.06. The second kappa shape index (κ2) is 4.38. The highest BCUT2D eigenvalue weighted by Crippen LogP contribution is 2.69. The third-order valence-corrected chi connectivity index (χ3v) is 5.39. The fourth-order valence-corrected chi connectivity index (χ4v) is 3.48. The normalized spacial score (nSPS) is 22.8. The van der Waals surface area contributed by atoms with Gasteiger partial charge in [0.05, 0.1) is 6.10 Å². The zero-order valence-electron chi connectivity index (χ0n) is 12.3. The zero-order valence-corrected chi connectivity index (χ0v) is 12.3. The van der Waals surface area contributed by atoms with E-state index < -0.39 is 0 Å². The van der Waals surface area contributed by atoms with Crippen LogP contribution in [0.4, 0.5) is 0 Å². The van der Waals surface area contributed by atoms with Crippen molar-refractivity contribution in [3.05, 3.63) is 35.4 Å². The zero-order chi connectivity index (χ0) is 13.6. The summed E-state index contributed by atoms with van der Waals surface area (Å²) in [5, 5.41) is 10.4. The van der Waals surface area contributed by atoms with E-state index in [0.29, 0.717) is 5.92 Å². The Morgan fingerprint density at radius 3 is 1.83 bits per heavy atom. The van der Waals surface area contributed by atoms with Crippen LogP contribution in [0.15, 0.2) is 24.3 Å². The van der Waals surface area contributed by atoms with Crippen LogP contribution in [0, 0.1) is 16.7 Å². The predicted molar refractivity (Wildman–Crippen MR) is 76.6 cm³/mol. The topological polar surface area (TPSA) is 20.2 Å². The lowest BCUT2D eigenvalue weighted by Gasteiger charge is -2.13. The van der Waals surface area contributed by atoms with E-state index in [1.165, 1.54) is 11.1 Å². The first-order valence-corrected chi connectivity index (χ1v) is 7.06. The molecule has 0 heterocycles. The van der Waals surface area contributed by atoms with Crippen molar-refractivity contribution in [2.24, 2.45) is 16.7 Å². The molecule has 1 aromatic rings. The van der Waals surface area contributed by atoms with Crippen molar-refractivity contribution in [2.45, 2.75) is 53.6 Å². The van der Waals surface area contributed by atoms with Gasteiger partial charge in [-0.1, -0.05) is 58.9 Å². The third kappa shape index (κ3) is 2.09. The van der Waals surface area contributed by atoms with Crippen molar-refractivity contribution in [1.29, 1.82) is 0 Å². The molecule has 0 bridgehead atoms. The standard InChI is InChI=1S/C17H26O/c1-6-12-7-9-13(10-8-12)11-14(18)15-16(2,3)17(15,4)5/h7-10,14-15,18H,6,11H2,1-5H3. The molecule has 1 saturated carbocycles. The maximum Gasteiger partial charge on any atom is 0.0619 e. The molecule has 2 rings (SSSR count). The minimum Gasteiger partial charge on any atom is -0.392 e. The predicted octanol–water partition coefficient (Wildman–Crippen LogP) is 3.83. The monoisotopic (exact) mass is 246 g/mol. The van der Waals surface area contributed by atoms with E-state index in [1.807, 2.05) is 0 Å². The van der Waals surface area contributed by atoms with Gasteiger partial charge in [-0.25, -0.2) is 0 Å². The van der Waals surface area contributed by atoms with Gasteiger partial charge in [-0.3, -0.25) is 0 Å². The Morgan fingerprint density at radius 2 is 1.44 bits per heavy atom. The van der Waals surface area contributed by atoms with Crippen LogP contribution in [-0.2, 0) is 12.8 Å². The number of aliphatic hydroxyl groups excluding tert-OH is 1. The molecule has 1 aliphatic carbocycles. The summed E-state index contributed by atoms with van der Waals surface area (Å²) < 4.78 is 0. The van der Waals surface area contributed by atoms with E-state index in [0.717, 1.165) is 12.8 Å². The SMILES string of the molecule is CCc1ccc(CC(O)C2C(C)(C)C2(C)C)cc1. The summed E-state index contributed by atoms with van der Waals surface area (Å²) in [4.78, 5) is 0. The van der Waals surface area contributed by atoms with Crippen molar-refractivity contribution in [3.63, 3.8) is 0 Å². The Hall–Kier alpha value is -0.820. The summed E-state index contributed by atoms with van der Waals surface area (Å²) >= 11 is 0. The fraction of sp³-hybridized carbons (Fsp3) is 0.647. The highest BCUT2D eigenvalue weighted by molar-refractivity contribution is 5.24. The quantitative estimate of drug-likeness (QED) is 0.856. The molecule has 1 N–H and O–H groups in total. The molecule has 18 heavy (non-hydrogen) atoms. The lowest BCUT2D eigenvalue weighted by molar-refractivity contribution is 0.129. The van der Waals surface area contributed by atoms with Gasteiger partial charge in [0.1, 0.15) is 0 Å². The Bertz CT molecular complexity index is 400. The summed E-state index contributed by atoms with van der Waals surface area (Å²) in [7, 11) is 0. The lowest BCUT2D eigenvalue weighted by Crippen LogP contribution is -2.17. The van der Waals surface area contributed by atoms with Crippen LogP contribution in [0.2, 0.25) is 0 Å². The Labute approximate surface area is 111 Å². The Kier molecular flexibility index (Phi) is 3.31. The van der Waals surface area contributed by atoms with Gasteiger partial charge in [0.15, 0.2) is 0 Å². The van der Waals surface area contributed by atoms with Gasteiger partial charge < -0.3 is 5.11 Å². The number of benzene rings is 1. The fourth-order valence-electron chi connectivity index (χ4n) is 3.48. The number of rotatable bonds is 4. The summed E-state index contributed by atoms with van der Waals surface area (Å²) in [6, 6.07) is 8.66. The molecule has 0 radical (unpaired) electrons. The summed E-state index contributed by atoms with van der Waals surface area (Å²) in [5.74, 6) is 0.413. The summed E-state index contributed by atoms with van der Waals surface area (Å²) in [6.45, 7) is 11.2. The van der Waals surface area contributed by atoms with Crippen LogP contribution in [0.1, 0.15) is 45.7 Å². The van der Waals surface area contributed by atoms with Gasteiger partial charge in [0, 0.05) is 0 Å². The number of aliphatic hydroxyl groups is 1. The number of aryl methyl sites for hydroxylation is 1. The van der Waals surface area contributed by atoms with E-state index in [-0.39, 0.29) is 16.9 Å². The average Bonchev–Trinajstić information content (AvgIpc) is 2.70.